The maximum absolute atomic E-state index is 13.3. The molecule has 1 aliphatic rings. The van der Waals surface area contributed by atoms with E-state index in [-0.39, 0.29) is 17.9 Å². The Kier molecular flexibility index (Phi) is 5.13. The number of amides is 3. The van der Waals surface area contributed by atoms with Crippen LogP contribution in [-0.2, 0) is 10.3 Å². The van der Waals surface area contributed by atoms with Crippen LogP contribution in [-0.4, -0.2) is 39.9 Å². The highest BCUT2D eigenvalue weighted by Gasteiger charge is 2.51. The molecule has 1 fully saturated rings. The molecule has 2 heterocycles. The summed E-state index contributed by atoms with van der Waals surface area (Å²) in [6.45, 7) is 6.00. The van der Waals surface area contributed by atoms with Crippen molar-refractivity contribution in [3.63, 3.8) is 0 Å². The molecule has 0 radical (unpaired) electrons. The van der Waals surface area contributed by atoms with Gasteiger partial charge in [0.1, 0.15) is 11.4 Å². The van der Waals surface area contributed by atoms with Gasteiger partial charge in [-0.1, -0.05) is 19.1 Å². The number of imide groups is 1. The molecule has 8 heteroatoms. The van der Waals surface area contributed by atoms with Crippen molar-refractivity contribution in [3.05, 3.63) is 58.2 Å². The van der Waals surface area contributed by atoms with E-state index in [4.69, 9.17) is 0 Å². The molecule has 1 aliphatic heterocycles. The van der Waals surface area contributed by atoms with Crippen LogP contribution in [0.3, 0.4) is 0 Å². The van der Waals surface area contributed by atoms with E-state index in [2.05, 4.69) is 10.3 Å². The first kappa shape index (κ1) is 20.4. The fourth-order valence-corrected chi connectivity index (χ4v) is 3.92. The van der Waals surface area contributed by atoms with Crippen molar-refractivity contribution < 1.29 is 23.6 Å². The summed E-state index contributed by atoms with van der Waals surface area (Å²) in [6.07, 6.45) is 0.239. The molecule has 152 valence electrons. The molecule has 1 saturated heterocycles. The molecule has 3 rings (SSSR count). The first-order chi connectivity index (χ1) is 13.6. The largest absolute Gasteiger partial charge is 0.355 e. The number of urea groups is 1. The third kappa shape index (κ3) is 3.24. The number of halogens is 1. The summed E-state index contributed by atoms with van der Waals surface area (Å²) in [7, 11) is 0. The molecule has 3 amide bonds. The average Bonchev–Trinajstić information content (AvgIpc) is 3.10. The number of aromatic amines is 1. The van der Waals surface area contributed by atoms with Crippen LogP contribution in [0.2, 0.25) is 0 Å². The number of aromatic nitrogens is 1. The Morgan fingerprint density at radius 1 is 1.14 bits per heavy atom. The number of carbonyl (C=O) groups excluding carboxylic acids is 4. The molecule has 2 N–H and O–H groups in total. The highest BCUT2D eigenvalue weighted by atomic mass is 19.1. The summed E-state index contributed by atoms with van der Waals surface area (Å²) >= 11 is 0. The van der Waals surface area contributed by atoms with Crippen molar-refractivity contribution in [2.24, 2.45) is 0 Å². The fraction of sp³-hybridized carbons (Fsp3) is 0.333. The first-order valence-electron chi connectivity index (χ1n) is 9.25. The molecule has 1 aromatic heterocycles. The average molecular weight is 399 g/mol. The number of Topliss-reactive ketones (excluding diaryl/α,β-unsaturated/α-hetero) is 2. The van der Waals surface area contributed by atoms with Gasteiger partial charge in [0.15, 0.2) is 11.6 Å². The Labute approximate surface area is 167 Å². The predicted molar refractivity (Wildman–Crippen MR) is 103 cm³/mol. The van der Waals surface area contributed by atoms with Crippen LogP contribution in [0.4, 0.5) is 9.18 Å². The van der Waals surface area contributed by atoms with Gasteiger partial charge in [0.25, 0.3) is 5.91 Å². The van der Waals surface area contributed by atoms with Gasteiger partial charge < -0.3 is 10.3 Å². The third-order valence-corrected chi connectivity index (χ3v) is 5.41. The summed E-state index contributed by atoms with van der Waals surface area (Å²) in [6, 6.07) is 4.63. The van der Waals surface area contributed by atoms with Gasteiger partial charge in [-0.15, -0.1) is 0 Å². The van der Waals surface area contributed by atoms with Crippen molar-refractivity contribution >= 4 is 23.5 Å². The molecular formula is C21H22FN3O4. The van der Waals surface area contributed by atoms with Crippen molar-refractivity contribution in [1.82, 2.24) is 15.2 Å². The second kappa shape index (κ2) is 7.27. The Bertz CT molecular complexity index is 1030. The summed E-state index contributed by atoms with van der Waals surface area (Å²) in [4.78, 5) is 54.0. The lowest BCUT2D eigenvalue weighted by Crippen LogP contribution is -2.43. The summed E-state index contributed by atoms with van der Waals surface area (Å²) in [5.74, 6) is -1.68. The minimum absolute atomic E-state index is 0.174. The van der Waals surface area contributed by atoms with Crippen LogP contribution in [0, 0.1) is 19.7 Å². The number of H-pyrrole nitrogens is 1. The minimum atomic E-state index is -1.35. The number of hydrogen-bond donors (Lipinski definition) is 2. The number of carbonyl (C=O) groups is 4. The van der Waals surface area contributed by atoms with Crippen molar-refractivity contribution in [2.75, 3.05) is 6.54 Å². The van der Waals surface area contributed by atoms with Crippen LogP contribution >= 0.6 is 0 Å². The lowest BCUT2D eigenvalue weighted by atomic mass is 9.87. The molecule has 29 heavy (non-hydrogen) atoms. The van der Waals surface area contributed by atoms with Crippen molar-refractivity contribution in [1.29, 1.82) is 0 Å². The Morgan fingerprint density at radius 3 is 2.28 bits per heavy atom. The second-order valence-corrected chi connectivity index (χ2v) is 7.19. The molecule has 0 spiro atoms. The summed E-state index contributed by atoms with van der Waals surface area (Å²) in [5, 5.41) is 2.66. The fourth-order valence-electron chi connectivity index (χ4n) is 3.92. The van der Waals surface area contributed by atoms with Gasteiger partial charge in [0.05, 0.1) is 12.2 Å². The Morgan fingerprint density at radius 2 is 1.76 bits per heavy atom. The normalized spacial score (nSPS) is 18.9. The number of aryl methyl sites for hydroxylation is 1. The number of nitrogens with zero attached hydrogens (tertiary/aromatic N) is 1. The van der Waals surface area contributed by atoms with E-state index in [1.54, 1.807) is 20.8 Å². The first-order valence-corrected chi connectivity index (χ1v) is 9.25. The molecule has 0 aliphatic carbocycles. The van der Waals surface area contributed by atoms with Gasteiger partial charge in [-0.2, -0.15) is 0 Å². The third-order valence-electron chi connectivity index (χ3n) is 5.41. The van der Waals surface area contributed by atoms with Crippen molar-refractivity contribution in [2.45, 2.75) is 39.7 Å². The van der Waals surface area contributed by atoms with Gasteiger partial charge >= 0.3 is 6.03 Å². The number of hydrogen-bond acceptors (Lipinski definition) is 4. The second-order valence-electron chi connectivity index (χ2n) is 7.19. The van der Waals surface area contributed by atoms with Crippen LogP contribution in [0.15, 0.2) is 24.3 Å². The van der Waals surface area contributed by atoms with E-state index in [0.29, 0.717) is 22.4 Å². The predicted octanol–water partition coefficient (Wildman–Crippen LogP) is 3.01. The van der Waals surface area contributed by atoms with E-state index in [0.717, 1.165) is 4.90 Å². The quantitative estimate of drug-likeness (QED) is 0.576. The lowest BCUT2D eigenvalue weighted by Gasteiger charge is -2.25. The highest BCUT2D eigenvalue weighted by Crippen LogP contribution is 2.33. The zero-order valence-corrected chi connectivity index (χ0v) is 16.7. The summed E-state index contributed by atoms with van der Waals surface area (Å²) < 4.78 is 13.3. The van der Waals surface area contributed by atoms with Crippen LogP contribution < -0.4 is 5.32 Å². The molecule has 1 atom stereocenters. The van der Waals surface area contributed by atoms with Gasteiger partial charge in [-0.25, -0.2) is 9.18 Å². The van der Waals surface area contributed by atoms with Gasteiger partial charge in [0.2, 0.25) is 0 Å². The Hall–Kier alpha value is -3.29. The van der Waals surface area contributed by atoms with Gasteiger partial charge in [0, 0.05) is 11.3 Å². The number of ketones is 2. The lowest BCUT2D eigenvalue weighted by molar-refractivity contribution is -0.131. The maximum atomic E-state index is 13.3. The molecule has 7 nitrogen and oxygen atoms in total. The standard InChI is InChI=1S/C21H22FN3O4/c1-5-21(14-6-8-15(22)9-7-14)19(28)25(20(29)24-21)10-16(27)18-11(2)17(13(4)26)12(3)23-18/h6-9,23H,5,10H2,1-4H3,(H,24,29). The zero-order valence-electron chi connectivity index (χ0n) is 16.7. The van der Waals surface area contributed by atoms with E-state index in [1.807, 2.05) is 0 Å². The van der Waals surface area contributed by atoms with E-state index < -0.39 is 35.6 Å². The molecule has 2 aromatic rings. The van der Waals surface area contributed by atoms with E-state index in [1.165, 1.54) is 31.2 Å². The van der Waals surface area contributed by atoms with Crippen molar-refractivity contribution in [3.8, 4) is 0 Å². The van der Waals surface area contributed by atoms with E-state index >= 15 is 0 Å². The van der Waals surface area contributed by atoms with E-state index in [9.17, 15) is 23.6 Å². The molecular weight excluding hydrogens is 377 g/mol. The zero-order chi connectivity index (χ0) is 21.5. The Balaban J connectivity index is 1.91. The summed E-state index contributed by atoms with van der Waals surface area (Å²) in [5.41, 5.74) is 0.775. The van der Waals surface area contributed by atoms with Crippen LogP contribution in [0.1, 0.15) is 57.9 Å². The molecule has 1 aromatic carbocycles. The minimum Gasteiger partial charge on any atom is -0.355 e. The van der Waals surface area contributed by atoms with Crippen LogP contribution in [0.25, 0.3) is 0 Å². The van der Waals surface area contributed by atoms with Gasteiger partial charge in [-0.05, 0) is 50.5 Å². The molecule has 0 bridgehead atoms. The number of benzene rings is 1. The SMILES string of the molecule is CCC1(c2ccc(F)cc2)NC(=O)N(CC(=O)c2[nH]c(C)c(C(C)=O)c2C)C1=O. The number of nitrogens with one attached hydrogen (secondary N) is 2. The highest BCUT2D eigenvalue weighted by molar-refractivity contribution is 6.12. The molecule has 0 saturated carbocycles. The van der Waals surface area contributed by atoms with Gasteiger partial charge in [-0.3, -0.25) is 19.3 Å². The monoisotopic (exact) mass is 399 g/mol. The molecule has 1 unspecified atom stereocenters. The van der Waals surface area contributed by atoms with Crippen LogP contribution in [0.5, 0.6) is 0 Å². The smallest absolute Gasteiger partial charge is 0.325 e. The number of rotatable bonds is 6. The topological polar surface area (TPSA) is 99.3 Å². The maximum Gasteiger partial charge on any atom is 0.325 e.